The van der Waals surface area contributed by atoms with Gasteiger partial charge in [-0.25, -0.2) is 4.79 Å². The minimum Gasteiger partial charge on any atom is -0.444 e. The van der Waals surface area contributed by atoms with Crippen molar-refractivity contribution in [2.75, 3.05) is 6.54 Å². The normalized spacial score (nSPS) is 22.3. The molecule has 0 bridgehead atoms. The lowest BCUT2D eigenvalue weighted by Gasteiger charge is -2.39. The quantitative estimate of drug-likeness (QED) is 0.771. The van der Waals surface area contributed by atoms with Crippen molar-refractivity contribution in [3.63, 3.8) is 0 Å². The fraction of sp³-hybridized carbons (Fsp3) is 0.526. The average Bonchev–Trinajstić information content (AvgIpc) is 2.89. The van der Waals surface area contributed by atoms with Crippen LogP contribution in [0.4, 0.5) is 4.79 Å². The second kappa shape index (κ2) is 5.91. The van der Waals surface area contributed by atoms with E-state index in [0.29, 0.717) is 6.04 Å². The van der Waals surface area contributed by atoms with E-state index in [2.05, 4.69) is 48.0 Å². The van der Waals surface area contributed by atoms with Gasteiger partial charge < -0.3 is 14.2 Å². The number of piperidine rings is 1. The molecule has 1 aromatic heterocycles. The number of carbonyl (C=O) groups excluding carboxylic acids is 1. The Bertz CT molecular complexity index is 699. The number of hydrogen-bond acceptors (Lipinski definition) is 2. The first-order chi connectivity index (χ1) is 10.8. The molecule has 0 radical (unpaired) electrons. The Morgan fingerprint density at radius 3 is 2.65 bits per heavy atom. The van der Waals surface area contributed by atoms with E-state index in [-0.39, 0.29) is 12.1 Å². The van der Waals surface area contributed by atoms with Gasteiger partial charge in [0.1, 0.15) is 5.60 Å². The van der Waals surface area contributed by atoms with Crippen LogP contribution in [0.25, 0.3) is 10.9 Å². The lowest BCUT2D eigenvalue weighted by molar-refractivity contribution is 0.00804. The molecule has 1 saturated heterocycles. The molecule has 1 aliphatic rings. The van der Waals surface area contributed by atoms with E-state index in [1.807, 2.05) is 25.7 Å². The molecule has 23 heavy (non-hydrogen) atoms. The van der Waals surface area contributed by atoms with Gasteiger partial charge in [0.2, 0.25) is 0 Å². The van der Waals surface area contributed by atoms with Gasteiger partial charge in [0.15, 0.2) is 0 Å². The van der Waals surface area contributed by atoms with E-state index in [1.54, 1.807) is 0 Å². The number of benzene rings is 1. The van der Waals surface area contributed by atoms with Crippen molar-refractivity contribution in [3.8, 4) is 0 Å². The molecule has 0 aliphatic carbocycles. The highest BCUT2D eigenvalue weighted by molar-refractivity contribution is 5.80. The smallest absolute Gasteiger partial charge is 0.410 e. The summed E-state index contributed by atoms with van der Waals surface area (Å²) in [5.41, 5.74) is 0.833. The molecule has 3 rings (SSSR count). The zero-order valence-electron chi connectivity index (χ0n) is 14.5. The van der Waals surface area contributed by atoms with Crippen LogP contribution in [-0.4, -0.2) is 33.7 Å². The van der Waals surface area contributed by atoms with Crippen LogP contribution in [0.5, 0.6) is 0 Å². The van der Waals surface area contributed by atoms with Crippen molar-refractivity contribution in [1.82, 2.24) is 9.47 Å². The summed E-state index contributed by atoms with van der Waals surface area (Å²) in [4.78, 5) is 14.2. The van der Waals surface area contributed by atoms with Crippen LogP contribution in [0.3, 0.4) is 0 Å². The molecular formula is C19H26N2O2. The highest BCUT2D eigenvalue weighted by atomic mass is 16.6. The number of rotatable bonds is 1. The molecule has 0 spiro atoms. The van der Waals surface area contributed by atoms with Crippen LogP contribution >= 0.6 is 0 Å². The summed E-state index contributed by atoms with van der Waals surface area (Å²) in [5, 5.41) is 1.27. The summed E-state index contributed by atoms with van der Waals surface area (Å²) in [7, 11) is 0. The Hall–Kier alpha value is -1.97. The van der Waals surface area contributed by atoms with Gasteiger partial charge in [-0.1, -0.05) is 18.2 Å². The first kappa shape index (κ1) is 15.9. The predicted octanol–water partition coefficient (Wildman–Crippen LogP) is 4.60. The Morgan fingerprint density at radius 1 is 1.22 bits per heavy atom. The molecule has 4 heteroatoms. The summed E-state index contributed by atoms with van der Waals surface area (Å²) in [6, 6.07) is 11.2. The third-order valence-corrected chi connectivity index (χ3v) is 4.50. The number of nitrogens with zero attached hydrogens (tertiary/aromatic N) is 2. The third-order valence-electron chi connectivity index (χ3n) is 4.50. The van der Waals surface area contributed by atoms with Crippen molar-refractivity contribution in [3.05, 3.63) is 36.5 Å². The second-order valence-electron chi connectivity index (χ2n) is 7.48. The number of hydrogen-bond donors (Lipinski definition) is 0. The van der Waals surface area contributed by atoms with E-state index >= 15 is 0 Å². The highest BCUT2D eigenvalue weighted by Gasteiger charge is 2.32. The SMILES string of the molecule is CC1CC(n2ccc3ccccc32)CCN1C(=O)OC(C)(C)C. The zero-order chi connectivity index (χ0) is 16.6. The number of para-hydroxylation sites is 1. The average molecular weight is 314 g/mol. The van der Waals surface area contributed by atoms with Crippen LogP contribution in [-0.2, 0) is 4.74 Å². The number of fused-ring (bicyclic) bond motifs is 1. The maximum atomic E-state index is 12.3. The Balaban J connectivity index is 1.72. The van der Waals surface area contributed by atoms with Crippen LogP contribution in [0.2, 0.25) is 0 Å². The molecular weight excluding hydrogens is 288 g/mol. The second-order valence-corrected chi connectivity index (χ2v) is 7.48. The maximum absolute atomic E-state index is 12.3. The fourth-order valence-corrected chi connectivity index (χ4v) is 3.41. The predicted molar refractivity (Wildman–Crippen MR) is 92.6 cm³/mol. The molecule has 2 aromatic rings. The van der Waals surface area contributed by atoms with E-state index in [4.69, 9.17) is 4.74 Å². The number of likely N-dealkylation sites (tertiary alicyclic amines) is 1. The minimum absolute atomic E-state index is 0.185. The maximum Gasteiger partial charge on any atom is 0.410 e. The lowest BCUT2D eigenvalue weighted by Crippen LogP contribution is -2.47. The number of amides is 1. The van der Waals surface area contributed by atoms with Gasteiger partial charge in [-0.05, 0) is 58.1 Å². The van der Waals surface area contributed by atoms with Gasteiger partial charge in [-0.3, -0.25) is 0 Å². The fourth-order valence-electron chi connectivity index (χ4n) is 3.41. The third kappa shape index (κ3) is 3.36. The molecule has 0 N–H and O–H groups in total. The first-order valence-electron chi connectivity index (χ1n) is 8.40. The van der Waals surface area contributed by atoms with Gasteiger partial charge in [0.25, 0.3) is 0 Å². The lowest BCUT2D eigenvalue weighted by atomic mass is 9.98. The summed E-state index contributed by atoms with van der Waals surface area (Å²) >= 11 is 0. The van der Waals surface area contributed by atoms with E-state index in [0.717, 1.165) is 19.4 Å². The summed E-state index contributed by atoms with van der Waals surface area (Å²) < 4.78 is 7.88. The topological polar surface area (TPSA) is 34.5 Å². The Kier molecular flexibility index (Phi) is 4.09. The van der Waals surface area contributed by atoms with Crippen molar-refractivity contribution >= 4 is 17.0 Å². The van der Waals surface area contributed by atoms with E-state index in [1.165, 1.54) is 10.9 Å². The Morgan fingerprint density at radius 2 is 1.96 bits per heavy atom. The van der Waals surface area contributed by atoms with Crippen LogP contribution in [0.1, 0.15) is 46.6 Å². The van der Waals surface area contributed by atoms with Gasteiger partial charge >= 0.3 is 6.09 Å². The number of ether oxygens (including phenoxy) is 1. The zero-order valence-corrected chi connectivity index (χ0v) is 14.5. The monoisotopic (exact) mass is 314 g/mol. The molecule has 4 nitrogen and oxygen atoms in total. The van der Waals surface area contributed by atoms with Crippen LogP contribution in [0.15, 0.2) is 36.5 Å². The summed E-state index contributed by atoms with van der Waals surface area (Å²) in [6.45, 7) is 8.59. The molecule has 2 atom stereocenters. The van der Waals surface area contributed by atoms with Crippen LogP contribution < -0.4 is 0 Å². The summed E-state index contributed by atoms with van der Waals surface area (Å²) in [6.07, 6.45) is 3.89. The Labute approximate surface area is 138 Å². The van der Waals surface area contributed by atoms with E-state index in [9.17, 15) is 4.79 Å². The highest BCUT2D eigenvalue weighted by Crippen LogP contribution is 2.31. The number of aromatic nitrogens is 1. The molecule has 1 amide bonds. The van der Waals surface area contributed by atoms with Gasteiger partial charge in [0, 0.05) is 30.3 Å². The molecule has 1 fully saturated rings. The molecule has 1 aliphatic heterocycles. The summed E-state index contributed by atoms with van der Waals surface area (Å²) in [5.74, 6) is 0. The largest absolute Gasteiger partial charge is 0.444 e. The number of carbonyl (C=O) groups is 1. The van der Waals surface area contributed by atoms with Gasteiger partial charge in [-0.2, -0.15) is 0 Å². The molecule has 0 saturated carbocycles. The van der Waals surface area contributed by atoms with Crippen molar-refractivity contribution in [2.24, 2.45) is 0 Å². The van der Waals surface area contributed by atoms with Gasteiger partial charge in [0.05, 0.1) is 0 Å². The molecule has 1 aromatic carbocycles. The molecule has 2 unspecified atom stereocenters. The van der Waals surface area contributed by atoms with Crippen molar-refractivity contribution in [2.45, 2.75) is 58.2 Å². The van der Waals surface area contributed by atoms with Gasteiger partial charge in [-0.15, -0.1) is 0 Å². The van der Waals surface area contributed by atoms with Crippen molar-refractivity contribution < 1.29 is 9.53 Å². The first-order valence-corrected chi connectivity index (χ1v) is 8.40. The van der Waals surface area contributed by atoms with Crippen LogP contribution in [0, 0.1) is 0 Å². The van der Waals surface area contributed by atoms with Crippen molar-refractivity contribution in [1.29, 1.82) is 0 Å². The standard InChI is InChI=1S/C19H26N2O2/c1-14-13-16(10-12-20(14)18(22)23-19(2,3)4)21-11-9-15-7-5-6-8-17(15)21/h5-9,11,14,16H,10,12-13H2,1-4H3. The molecule has 2 heterocycles. The minimum atomic E-state index is -0.440. The molecule has 124 valence electrons. The van der Waals surface area contributed by atoms with E-state index < -0.39 is 5.60 Å².